The number of guanidine groups is 1. The van der Waals surface area contributed by atoms with Gasteiger partial charge in [0.05, 0.1) is 11.0 Å². The van der Waals surface area contributed by atoms with Crippen LogP contribution in [-0.4, -0.2) is 46.6 Å². The van der Waals surface area contributed by atoms with Crippen LogP contribution in [-0.2, 0) is 6.42 Å². The first kappa shape index (κ1) is 20.4. The van der Waals surface area contributed by atoms with E-state index in [0.717, 1.165) is 48.7 Å². The minimum atomic E-state index is 0. The number of H-pyrrole nitrogens is 1. The van der Waals surface area contributed by atoms with Gasteiger partial charge < -0.3 is 15.6 Å². The van der Waals surface area contributed by atoms with Gasteiger partial charge in [-0.05, 0) is 44.1 Å². The fourth-order valence-corrected chi connectivity index (χ4v) is 4.30. The van der Waals surface area contributed by atoms with Crippen LogP contribution in [0.2, 0.25) is 0 Å². The average molecular weight is 473 g/mol. The van der Waals surface area contributed by atoms with Crippen molar-refractivity contribution >= 4 is 52.7 Å². The Labute approximate surface area is 171 Å². The molecule has 0 bridgehead atoms. The lowest BCUT2D eigenvalue weighted by Gasteiger charge is -2.24. The molecule has 138 valence electrons. The van der Waals surface area contributed by atoms with Crippen molar-refractivity contribution in [2.45, 2.75) is 37.4 Å². The van der Waals surface area contributed by atoms with Crippen LogP contribution >= 0.6 is 35.7 Å². The molecule has 2 aromatic rings. The number of fused-ring (bicyclic) bond motifs is 1. The number of aromatic amines is 1. The molecular formula is C18H28IN5S. The van der Waals surface area contributed by atoms with E-state index in [-0.39, 0.29) is 24.0 Å². The maximum absolute atomic E-state index is 4.62. The van der Waals surface area contributed by atoms with Crippen molar-refractivity contribution in [3.8, 4) is 0 Å². The maximum atomic E-state index is 4.62. The second kappa shape index (κ2) is 9.66. The molecule has 0 spiro atoms. The highest BCUT2D eigenvalue weighted by Crippen LogP contribution is 2.36. The van der Waals surface area contributed by atoms with Crippen LogP contribution in [0.25, 0.3) is 11.0 Å². The molecule has 1 fully saturated rings. The quantitative estimate of drug-likeness (QED) is 0.260. The molecule has 1 aliphatic rings. The van der Waals surface area contributed by atoms with E-state index in [9.17, 15) is 0 Å². The van der Waals surface area contributed by atoms with Gasteiger partial charge in [-0.2, -0.15) is 11.8 Å². The van der Waals surface area contributed by atoms with Gasteiger partial charge >= 0.3 is 0 Å². The van der Waals surface area contributed by atoms with Gasteiger partial charge in [0, 0.05) is 31.3 Å². The Balaban J connectivity index is 0.00000225. The number of hydrogen-bond acceptors (Lipinski definition) is 3. The molecule has 5 nitrogen and oxygen atoms in total. The smallest absolute Gasteiger partial charge is 0.191 e. The fraction of sp³-hybridized carbons (Fsp3) is 0.556. The fourth-order valence-electron chi connectivity index (χ4n) is 3.05. The minimum absolute atomic E-state index is 0. The Bertz CT molecular complexity index is 661. The van der Waals surface area contributed by atoms with Gasteiger partial charge in [0.2, 0.25) is 0 Å². The van der Waals surface area contributed by atoms with Gasteiger partial charge in [-0.1, -0.05) is 12.1 Å². The first-order valence-corrected chi connectivity index (χ1v) is 9.69. The highest BCUT2D eigenvalue weighted by atomic mass is 127. The highest BCUT2D eigenvalue weighted by molar-refractivity contribution is 14.0. The molecule has 1 unspecified atom stereocenters. The van der Waals surface area contributed by atoms with Gasteiger partial charge in [-0.15, -0.1) is 24.0 Å². The second-order valence-corrected chi connectivity index (χ2v) is 8.24. The van der Waals surface area contributed by atoms with Gasteiger partial charge in [0.1, 0.15) is 5.82 Å². The van der Waals surface area contributed by atoms with E-state index in [2.05, 4.69) is 50.3 Å². The zero-order valence-corrected chi connectivity index (χ0v) is 18.1. The summed E-state index contributed by atoms with van der Waals surface area (Å²) in [5.74, 6) is 3.23. The van der Waals surface area contributed by atoms with Gasteiger partial charge in [-0.25, -0.2) is 4.98 Å². The Kier molecular flexibility index (Phi) is 7.86. The second-order valence-electron chi connectivity index (χ2n) is 6.56. The Morgan fingerprint density at radius 2 is 2.20 bits per heavy atom. The zero-order valence-electron chi connectivity index (χ0n) is 15.0. The summed E-state index contributed by atoms with van der Waals surface area (Å²) in [6, 6.07) is 8.16. The molecule has 3 N–H and O–H groups in total. The number of rotatable bonds is 6. The molecule has 0 aliphatic carbocycles. The van der Waals surface area contributed by atoms with Crippen molar-refractivity contribution in [3.63, 3.8) is 0 Å². The summed E-state index contributed by atoms with van der Waals surface area (Å²) < 4.78 is 0.353. The van der Waals surface area contributed by atoms with E-state index < -0.39 is 0 Å². The third-order valence-electron chi connectivity index (χ3n) is 4.48. The number of thioether (sulfide) groups is 1. The lowest BCUT2D eigenvalue weighted by molar-refractivity contribution is 0.583. The highest BCUT2D eigenvalue weighted by Gasteiger charge is 2.29. The number of aryl methyl sites for hydroxylation is 1. The third kappa shape index (κ3) is 5.77. The molecule has 2 heterocycles. The minimum Gasteiger partial charge on any atom is -0.356 e. The maximum Gasteiger partial charge on any atom is 0.191 e. The number of halogens is 1. The largest absolute Gasteiger partial charge is 0.356 e. The van der Waals surface area contributed by atoms with Crippen LogP contribution in [0.5, 0.6) is 0 Å². The molecule has 3 rings (SSSR count). The number of para-hydroxylation sites is 2. The molecule has 1 saturated heterocycles. The Morgan fingerprint density at radius 1 is 1.36 bits per heavy atom. The van der Waals surface area contributed by atoms with Crippen molar-refractivity contribution < 1.29 is 0 Å². The molecule has 0 radical (unpaired) electrons. The molecule has 1 aromatic carbocycles. The van der Waals surface area contributed by atoms with Crippen molar-refractivity contribution in [3.05, 3.63) is 30.1 Å². The standard InChI is InChI=1S/C18H27N5S.HI/c1-18(10-6-12-24-18)13-21-17(19-2)20-11-5-9-16-22-14-7-3-4-8-15(14)23-16;/h3-4,7-8H,5-6,9-13H2,1-2H3,(H,22,23)(H2,19,20,21);1H. The van der Waals surface area contributed by atoms with E-state index in [1.165, 1.54) is 18.6 Å². The molecule has 1 aliphatic heterocycles. The summed E-state index contributed by atoms with van der Waals surface area (Å²) in [5, 5.41) is 6.87. The van der Waals surface area contributed by atoms with Crippen LogP contribution < -0.4 is 10.6 Å². The Hall–Kier alpha value is -0.960. The van der Waals surface area contributed by atoms with Crippen molar-refractivity contribution in [1.82, 2.24) is 20.6 Å². The molecule has 1 atom stereocenters. The number of imidazole rings is 1. The SMILES string of the molecule is CN=C(NCCCc1nc2ccccc2[nH]1)NCC1(C)CCCS1.I. The summed E-state index contributed by atoms with van der Waals surface area (Å²) in [7, 11) is 1.83. The van der Waals surface area contributed by atoms with Crippen LogP contribution in [0.15, 0.2) is 29.3 Å². The van der Waals surface area contributed by atoms with Crippen molar-refractivity contribution in [1.29, 1.82) is 0 Å². The lowest BCUT2D eigenvalue weighted by Crippen LogP contribution is -2.43. The monoisotopic (exact) mass is 473 g/mol. The molecule has 0 saturated carbocycles. The van der Waals surface area contributed by atoms with Crippen LogP contribution in [0.1, 0.15) is 32.0 Å². The number of aromatic nitrogens is 2. The Morgan fingerprint density at radius 3 is 2.92 bits per heavy atom. The van der Waals surface area contributed by atoms with E-state index in [4.69, 9.17) is 0 Å². The van der Waals surface area contributed by atoms with E-state index >= 15 is 0 Å². The molecule has 7 heteroatoms. The summed E-state index contributed by atoms with van der Waals surface area (Å²) in [4.78, 5) is 12.3. The number of nitrogens with zero attached hydrogens (tertiary/aromatic N) is 2. The predicted molar refractivity (Wildman–Crippen MR) is 119 cm³/mol. The topological polar surface area (TPSA) is 65.1 Å². The molecule has 25 heavy (non-hydrogen) atoms. The lowest BCUT2D eigenvalue weighted by atomic mass is 10.1. The van der Waals surface area contributed by atoms with Gasteiger partial charge in [-0.3, -0.25) is 4.99 Å². The number of nitrogens with one attached hydrogen (secondary N) is 3. The van der Waals surface area contributed by atoms with Crippen molar-refractivity contribution in [2.75, 3.05) is 25.9 Å². The van der Waals surface area contributed by atoms with E-state index in [1.807, 2.05) is 25.2 Å². The average Bonchev–Trinajstić information content (AvgIpc) is 3.20. The van der Waals surface area contributed by atoms with Crippen molar-refractivity contribution in [2.24, 2.45) is 4.99 Å². The first-order chi connectivity index (χ1) is 11.7. The zero-order chi connectivity index (χ0) is 16.8. The van der Waals surface area contributed by atoms with Gasteiger partial charge in [0.15, 0.2) is 5.96 Å². The number of aliphatic imine (C=N–C) groups is 1. The van der Waals surface area contributed by atoms with Crippen LogP contribution in [0.4, 0.5) is 0 Å². The molecular weight excluding hydrogens is 445 g/mol. The van der Waals surface area contributed by atoms with Crippen LogP contribution in [0, 0.1) is 0 Å². The van der Waals surface area contributed by atoms with E-state index in [0.29, 0.717) is 4.75 Å². The summed E-state index contributed by atoms with van der Waals surface area (Å²) in [6.07, 6.45) is 4.57. The summed E-state index contributed by atoms with van der Waals surface area (Å²) in [5.41, 5.74) is 2.15. The van der Waals surface area contributed by atoms with Crippen LogP contribution in [0.3, 0.4) is 0 Å². The molecule has 1 aromatic heterocycles. The number of hydrogen-bond donors (Lipinski definition) is 3. The van der Waals surface area contributed by atoms with Gasteiger partial charge in [0.25, 0.3) is 0 Å². The number of benzene rings is 1. The first-order valence-electron chi connectivity index (χ1n) is 8.71. The third-order valence-corrected chi connectivity index (χ3v) is 6.01. The summed E-state index contributed by atoms with van der Waals surface area (Å²) in [6.45, 7) is 4.20. The molecule has 0 amide bonds. The van der Waals surface area contributed by atoms with E-state index in [1.54, 1.807) is 0 Å². The summed E-state index contributed by atoms with van der Waals surface area (Å²) >= 11 is 2.07. The normalized spacial score (nSPS) is 20.5. The predicted octanol–water partition coefficient (Wildman–Crippen LogP) is 3.56.